The van der Waals surface area contributed by atoms with Gasteiger partial charge in [-0.25, -0.2) is 13.6 Å². The Morgan fingerprint density at radius 3 is 2.40 bits per heavy atom. The molecule has 1 fully saturated rings. The summed E-state index contributed by atoms with van der Waals surface area (Å²) in [5.41, 5.74) is 2.09. The van der Waals surface area contributed by atoms with Crippen molar-refractivity contribution in [1.82, 2.24) is 4.90 Å². The minimum absolute atomic E-state index is 0.00615. The number of benzene rings is 3. The zero-order valence-electron chi connectivity index (χ0n) is 17.1. The van der Waals surface area contributed by atoms with E-state index in [0.29, 0.717) is 0 Å². The largest absolute Gasteiger partial charge is 0.375 e. The molecule has 3 aromatic carbocycles. The highest BCUT2D eigenvalue weighted by atomic mass is 32.2. The first-order chi connectivity index (χ1) is 14.5. The Balaban J connectivity index is 1.44. The molecule has 30 heavy (non-hydrogen) atoms. The van der Waals surface area contributed by atoms with Crippen molar-refractivity contribution >= 4 is 26.5 Å². The molecule has 2 N–H and O–H groups in total. The summed E-state index contributed by atoms with van der Waals surface area (Å²) in [7, 11) is -1.93. The Kier molecular flexibility index (Phi) is 6.06. The predicted octanol–water partition coefficient (Wildman–Crippen LogP) is 3.00. The lowest BCUT2D eigenvalue weighted by atomic mass is 10.00. The van der Waals surface area contributed by atoms with E-state index in [4.69, 9.17) is 9.88 Å². The van der Waals surface area contributed by atoms with Crippen molar-refractivity contribution in [2.75, 3.05) is 44.7 Å². The second-order valence-electron chi connectivity index (χ2n) is 7.62. The normalized spacial score (nSPS) is 16.7. The van der Waals surface area contributed by atoms with Crippen LogP contribution in [-0.2, 0) is 14.8 Å². The van der Waals surface area contributed by atoms with Gasteiger partial charge in [0.25, 0.3) is 0 Å². The molecule has 1 aliphatic rings. The Hall–Kier alpha value is -2.45. The van der Waals surface area contributed by atoms with Crippen LogP contribution in [0.5, 0.6) is 0 Å². The van der Waals surface area contributed by atoms with E-state index in [1.807, 2.05) is 6.07 Å². The van der Waals surface area contributed by atoms with Crippen LogP contribution in [0.1, 0.15) is 11.7 Å². The topological polar surface area (TPSA) is 75.9 Å². The van der Waals surface area contributed by atoms with Crippen molar-refractivity contribution in [3.63, 3.8) is 0 Å². The number of rotatable bonds is 6. The number of ether oxygens (including phenoxy) is 1. The third kappa shape index (κ3) is 4.49. The average Bonchev–Trinajstić information content (AvgIpc) is 2.77. The molecule has 1 atom stereocenters. The molecule has 0 bridgehead atoms. The maximum atomic E-state index is 11.6. The Morgan fingerprint density at radius 2 is 1.67 bits per heavy atom. The van der Waals surface area contributed by atoms with Gasteiger partial charge in [0.1, 0.15) is 0 Å². The third-order valence-electron chi connectivity index (χ3n) is 5.76. The molecule has 1 aliphatic heterocycles. The molecular weight excluding hydrogens is 398 g/mol. The van der Waals surface area contributed by atoms with Crippen LogP contribution >= 0.6 is 0 Å². The summed E-state index contributed by atoms with van der Waals surface area (Å²) in [6, 6.07) is 21.6. The molecule has 1 saturated heterocycles. The first-order valence-corrected chi connectivity index (χ1v) is 11.6. The third-order valence-corrected chi connectivity index (χ3v) is 6.67. The fourth-order valence-corrected chi connectivity index (χ4v) is 4.66. The average molecular weight is 426 g/mol. The molecule has 0 aliphatic carbocycles. The van der Waals surface area contributed by atoms with E-state index in [-0.39, 0.29) is 11.0 Å². The molecule has 0 radical (unpaired) electrons. The van der Waals surface area contributed by atoms with E-state index in [1.165, 1.54) is 22.4 Å². The lowest BCUT2D eigenvalue weighted by molar-refractivity contribution is 0.0625. The van der Waals surface area contributed by atoms with Gasteiger partial charge in [0.05, 0.1) is 11.0 Å². The molecule has 0 aromatic heterocycles. The SMILES string of the molecule is COC(CN1CCN(c2cccc(S(N)(=O)=O)c2)CC1)c1cccc2ccccc12. The highest BCUT2D eigenvalue weighted by Gasteiger charge is 2.23. The minimum atomic E-state index is -3.70. The highest BCUT2D eigenvalue weighted by Crippen LogP contribution is 2.28. The van der Waals surface area contributed by atoms with Crippen molar-refractivity contribution < 1.29 is 13.2 Å². The number of nitrogens with two attached hydrogens (primary N) is 1. The van der Waals surface area contributed by atoms with Gasteiger partial charge in [0.2, 0.25) is 10.0 Å². The molecule has 0 saturated carbocycles. The molecule has 6 nitrogen and oxygen atoms in total. The Bertz CT molecular complexity index is 1120. The van der Waals surface area contributed by atoms with E-state index in [1.54, 1.807) is 19.2 Å². The number of hydrogen-bond acceptors (Lipinski definition) is 5. The highest BCUT2D eigenvalue weighted by molar-refractivity contribution is 7.89. The number of sulfonamides is 1. The first kappa shape index (κ1) is 20.8. The summed E-state index contributed by atoms with van der Waals surface area (Å²) in [6.45, 7) is 4.21. The van der Waals surface area contributed by atoms with Crippen molar-refractivity contribution in [1.29, 1.82) is 0 Å². The lowest BCUT2D eigenvalue weighted by Crippen LogP contribution is -2.47. The van der Waals surface area contributed by atoms with E-state index in [9.17, 15) is 8.42 Å². The summed E-state index contributed by atoms with van der Waals surface area (Å²) in [5, 5.41) is 7.72. The molecule has 3 aromatic rings. The van der Waals surface area contributed by atoms with Gasteiger partial charge in [-0.05, 0) is 34.5 Å². The van der Waals surface area contributed by atoms with Crippen LogP contribution in [0.3, 0.4) is 0 Å². The summed E-state index contributed by atoms with van der Waals surface area (Å²) >= 11 is 0. The van der Waals surface area contributed by atoms with Gasteiger partial charge in [-0.2, -0.15) is 0 Å². The molecule has 158 valence electrons. The summed E-state index contributed by atoms with van der Waals surface area (Å²) < 4.78 is 29.2. The summed E-state index contributed by atoms with van der Waals surface area (Å²) in [5.74, 6) is 0. The first-order valence-electron chi connectivity index (χ1n) is 10.1. The van der Waals surface area contributed by atoms with E-state index in [0.717, 1.165) is 38.4 Å². The van der Waals surface area contributed by atoms with Gasteiger partial charge in [0, 0.05) is 45.5 Å². The van der Waals surface area contributed by atoms with Crippen LogP contribution in [-0.4, -0.2) is 53.2 Å². The van der Waals surface area contributed by atoms with E-state index >= 15 is 0 Å². The number of hydrogen-bond donors (Lipinski definition) is 1. The summed E-state index contributed by atoms with van der Waals surface area (Å²) in [6.07, 6.45) is -0.00615. The number of anilines is 1. The summed E-state index contributed by atoms with van der Waals surface area (Å²) in [4.78, 5) is 4.75. The fourth-order valence-electron chi connectivity index (χ4n) is 4.11. The van der Waals surface area contributed by atoms with Crippen LogP contribution in [0, 0.1) is 0 Å². The molecule has 1 unspecified atom stereocenters. The maximum Gasteiger partial charge on any atom is 0.238 e. The maximum absolute atomic E-state index is 11.6. The Labute approximate surface area is 177 Å². The fraction of sp³-hybridized carbons (Fsp3) is 0.304. The van der Waals surface area contributed by atoms with Crippen molar-refractivity contribution in [2.45, 2.75) is 11.0 Å². The zero-order chi connectivity index (χ0) is 21.1. The number of primary sulfonamides is 1. The number of methoxy groups -OCH3 is 1. The van der Waals surface area contributed by atoms with Crippen molar-refractivity contribution in [3.05, 3.63) is 72.3 Å². The molecular formula is C23H27N3O3S. The van der Waals surface area contributed by atoms with Crippen LogP contribution in [0.15, 0.2) is 71.6 Å². The van der Waals surface area contributed by atoms with Crippen molar-refractivity contribution in [3.8, 4) is 0 Å². The monoisotopic (exact) mass is 425 g/mol. The molecule has 4 rings (SSSR count). The number of piperazine rings is 1. The molecule has 0 amide bonds. The van der Waals surface area contributed by atoms with E-state index < -0.39 is 10.0 Å². The molecule has 1 heterocycles. The van der Waals surface area contributed by atoms with Crippen LogP contribution in [0.2, 0.25) is 0 Å². The van der Waals surface area contributed by atoms with Crippen LogP contribution < -0.4 is 10.0 Å². The van der Waals surface area contributed by atoms with Crippen molar-refractivity contribution in [2.24, 2.45) is 5.14 Å². The van der Waals surface area contributed by atoms with Crippen LogP contribution in [0.4, 0.5) is 5.69 Å². The van der Waals surface area contributed by atoms with E-state index in [2.05, 4.69) is 52.3 Å². The van der Waals surface area contributed by atoms with Gasteiger partial charge >= 0.3 is 0 Å². The van der Waals surface area contributed by atoms with Gasteiger partial charge in [-0.15, -0.1) is 0 Å². The number of nitrogens with zero attached hydrogens (tertiary/aromatic N) is 2. The minimum Gasteiger partial charge on any atom is -0.375 e. The smallest absolute Gasteiger partial charge is 0.238 e. The standard InChI is InChI=1S/C23H27N3O3S/c1-29-23(22-11-4-7-18-6-2-3-10-21(18)22)17-25-12-14-26(15-13-25)19-8-5-9-20(16-19)30(24,27)28/h2-11,16,23H,12-15,17H2,1H3,(H2,24,27,28). The Morgan fingerprint density at radius 1 is 0.967 bits per heavy atom. The van der Waals surface area contributed by atoms with Gasteiger partial charge in [0.15, 0.2) is 0 Å². The van der Waals surface area contributed by atoms with Gasteiger partial charge < -0.3 is 9.64 Å². The predicted molar refractivity (Wildman–Crippen MR) is 120 cm³/mol. The van der Waals surface area contributed by atoms with Crippen LogP contribution in [0.25, 0.3) is 10.8 Å². The molecule has 0 spiro atoms. The second kappa shape index (κ2) is 8.73. The quantitative estimate of drug-likeness (QED) is 0.657. The van der Waals surface area contributed by atoms with Gasteiger partial charge in [-0.1, -0.05) is 48.5 Å². The zero-order valence-corrected chi connectivity index (χ0v) is 17.9. The molecule has 7 heteroatoms. The lowest BCUT2D eigenvalue weighted by Gasteiger charge is -2.37. The number of fused-ring (bicyclic) bond motifs is 1. The van der Waals surface area contributed by atoms with Gasteiger partial charge in [-0.3, -0.25) is 4.90 Å². The second-order valence-corrected chi connectivity index (χ2v) is 9.18.